The van der Waals surface area contributed by atoms with Crippen molar-refractivity contribution >= 4 is 5.69 Å². The van der Waals surface area contributed by atoms with E-state index < -0.39 is 0 Å². The molecule has 2 fully saturated rings. The van der Waals surface area contributed by atoms with Gasteiger partial charge in [-0.05, 0) is 36.5 Å². The second-order valence-corrected chi connectivity index (χ2v) is 9.78. The number of methoxy groups -OCH3 is 1. The molecule has 1 aliphatic carbocycles. The van der Waals surface area contributed by atoms with Crippen LogP contribution in [0.4, 0.5) is 5.69 Å². The molecule has 180 valence electrons. The molecule has 0 spiro atoms. The average molecular weight is 460 g/mol. The largest absolute Gasteiger partial charge is 0.495 e. The van der Waals surface area contributed by atoms with E-state index in [1.807, 2.05) is 12.1 Å². The molecule has 0 unspecified atom stereocenters. The van der Waals surface area contributed by atoms with Gasteiger partial charge in [0.1, 0.15) is 11.5 Å². The summed E-state index contributed by atoms with van der Waals surface area (Å²) < 4.78 is 12.0. The molecule has 1 saturated heterocycles. The van der Waals surface area contributed by atoms with Crippen LogP contribution < -0.4 is 9.64 Å². The van der Waals surface area contributed by atoms with Crippen LogP contribution in [0.1, 0.15) is 55.0 Å². The monoisotopic (exact) mass is 459 g/mol. The van der Waals surface area contributed by atoms with Crippen molar-refractivity contribution in [3.05, 3.63) is 77.5 Å². The van der Waals surface area contributed by atoms with Crippen molar-refractivity contribution in [3.63, 3.8) is 0 Å². The minimum absolute atomic E-state index is 0.731. The molecular weight excluding hydrogens is 422 g/mol. The highest BCUT2D eigenvalue weighted by Gasteiger charge is 2.24. The first-order valence-electron chi connectivity index (χ1n) is 12.9. The zero-order valence-corrected chi connectivity index (χ0v) is 20.4. The van der Waals surface area contributed by atoms with Crippen LogP contribution in [0.2, 0.25) is 0 Å². The van der Waals surface area contributed by atoms with Crippen LogP contribution in [0.5, 0.6) is 5.75 Å². The molecule has 2 heterocycles. The summed E-state index contributed by atoms with van der Waals surface area (Å²) in [5.41, 5.74) is 3.59. The van der Waals surface area contributed by atoms with E-state index in [0.29, 0.717) is 0 Å². The number of rotatable bonds is 8. The fraction of sp³-hybridized carbons (Fsp3) is 0.483. The maximum absolute atomic E-state index is 6.45. The second kappa shape index (κ2) is 11.1. The Kier molecular flexibility index (Phi) is 7.49. The fourth-order valence-electron chi connectivity index (χ4n) is 5.45. The first-order chi connectivity index (χ1) is 16.8. The number of para-hydroxylation sites is 2. The average Bonchev–Trinajstić information content (AvgIpc) is 3.25. The van der Waals surface area contributed by atoms with Gasteiger partial charge in [0.25, 0.3) is 0 Å². The summed E-state index contributed by atoms with van der Waals surface area (Å²) in [5.74, 6) is 3.68. The lowest BCUT2D eigenvalue weighted by molar-refractivity contribution is 0.225. The van der Waals surface area contributed by atoms with Crippen LogP contribution in [0.15, 0.2) is 59.0 Å². The Labute approximate surface area is 203 Å². The molecule has 2 aromatic carbocycles. The highest BCUT2D eigenvalue weighted by atomic mass is 16.5. The van der Waals surface area contributed by atoms with E-state index in [-0.39, 0.29) is 0 Å². The van der Waals surface area contributed by atoms with Crippen molar-refractivity contribution < 1.29 is 9.15 Å². The SMILES string of the molecule is COc1ccccc1N1CCN(Cc2oc(CC3CCCCC3)nc2Cc2ccccc2)CC1. The third-order valence-electron chi connectivity index (χ3n) is 7.39. The van der Waals surface area contributed by atoms with E-state index in [2.05, 4.69) is 52.3 Å². The van der Waals surface area contributed by atoms with Gasteiger partial charge >= 0.3 is 0 Å². The number of benzene rings is 2. The van der Waals surface area contributed by atoms with Gasteiger partial charge in [-0.1, -0.05) is 61.7 Å². The molecular formula is C29H37N3O2. The molecule has 0 bridgehead atoms. The van der Waals surface area contributed by atoms with E-state index in [1.54, 1.807) is 7.11 Å². The van der Waals surface area contributed by atoms with Gasteiger partial charge in [0.2, 0.25) is 0 Å². The van der Waals surface area contributed by atoms with Crippen LogP contribution >= 0.6 is 0 Å². The fourth-order valence-corrected chi connectivity index (χ4v) is 5.45. The van der Waals surface area contributed by atoms with Gasteiger partial charge in [0.15, 0.2) is 5.89 Å². The van der Waals surface area contributed by atoms with Gasteiger partial charge in [-0.15, -0.1) is 0 Å². The molecule has 1 aliphatic heterocycles. The Morgan fingerprint density at radius 2 is 1.65 bits per heavy atom. The van der Waals surface area contributed by atoms with Gasteiger partial charge in [0.05, 0.1) is 25.0 Å². The number of anilines is 1. The lowest BCUT2D eigenvalue weighted by Gasteiger charge is -2.36. The van der Waals surface area contributed by atoms with Crippen LogP contribution in [0.3, 0.4) is 0 Å². The van der Waals surface area contributed by atoms with Crippen molar-refractivity contribution in [1.29, 1.82) is 0 Å². The summed E-state index contributed by atoms with van der Waals surface area (Å²) in [4.78, 5) is 9.96. The summed E-state index contributed by atoms with van der Waals surface area (Å²) in [5, 5.41) is 0. The van der Waals surface area contributed by atoms with Gasteiger partial charge in [-0.25, -0.2) is 4.98 Å². The predicted octanol–water partition coefficient (Wildman–Crippen LogP) is 5.72. The standard InChI is InChI=1S/C29H37N3O2/c1-33-27-15-9-8-14-26(27)32-18-16-31(17-19-32)22-28-25(20-23-10-4-2-5-11-23)30-29(34-28)21-24-12-6-3-7-13-24/h2,4-5,8-11,14-15,24H,3,6-7,12-13,16-22H2,1H3. The van der Waals surface area contributed by atoms with E-state index in [0.717, 1.165) is 74.6 Å². The van der Waals surface area contributed by atoms with Gasteiger partial charge < -0.3 is 14.1 Å². The summed E-state index contributed by atoms with van der Waals surface area (Å²) >= 11 is 0. The smallest absolute Gasteiger partial charge is 0.194 e. The Hall–Kier alpha value is -2.79. The first-order valence-corrected chi connectivity index (χ1v) is 12.9. The topological polar surface area (TPSA) is 41.7 Å². The third kappa shape index (κ3) is 5.64. The minimum atomic E-state index is 0.731. The number of ether oxygens (including phenoxy) is 1. The molecule has 5 nitrogen and oxygen atoms in total. The van der Waals surface area contributed by atoms with Crippen molar-refractivity contribution in [2.24, 2.45) is 5.92 Å². The number of aromatic nitrogens is 1. The van der Waals surface area contributed by atoms with Gasteiger partial charge in [-0.2, -0.15) is 0 Å². The number of nitrogens with zero attached hydrogens (tertiary/aromatic N) is 3. The highest BCUT2D eigenvalue weighted by Crippen LogP contribution is 2.30. The summed E-state index contributed by atoms with van der Waals surface area (Å²) in [7, 11) is 1.75. The number of oxazole rings is 1. The first kappa shape index (κ1) is 23.0. The number of hydrogen-bond donors (Lipinski definition) is 0. The molecule has 1 aromatic heterocycles. The lowest BCUT2D eigenvalue weighted by atomic mass is 9.87. The molecule has 0 atom stereocenters. The Balaban J connectivity index is 1.27. The van der Waals surface area contributed by atoms with Crippen LogP contribution in [-0.4, -0.2) is 43.2 Å². The zero-order chi connectivity index (χ0) is 23.2. The van der Waals surface area contributed by atoms with Crippen molar-refractivity contribution in [1.82, 2.24) is 9.88 Å². The van der Waals surface area contributed by atoms with Gasteiger partial charge in [-0.3, -0.25) is 4.90 Å². The Morgan fingerprint density at radius 1 is 0.912 bits per heavy atom. The molecule has 34 heavy (non-hydrogen) atoms. The Bertz CT molecular complexity index is 1030. The zero-order valence-electron chi connectivity index (χ0n) is 20.4. The molecule has 5 heteroatoms. The summed E-state index contributed by atoms with van der Waals surface area (Å²) in [6.45, 7) is 4.80. The van der Waals surface area contributed by atoms with Gasteiger partial charge in [0, 0.05) is 39.0 Å². The highest BCUT2D eigenvalue weighted by molar-refractivity contribution is 5.58. The molecule has 5 rings (SSSR count). The summed E-state index contributed by atoms with van der Waals surface area (Å²) in [6, 6.07) is 19.0. The van der Waals surface area contributed by atoms with E-state index in [1.165, 1.54) is 43.4 Å². The third-order valence-corrected chi connectivity index (χ3v) is 7.39. The number of hydrogen-bond acceptors (Lipinski definition) is 5. The van der Waals surface area contributed by atoms with E-state index in [4.69, 9.17) is 14.1 Å². The molecule has 1 saturated carbocycles. The predicted molar refractivity (Wildman–Crippen MR) is 137 cm³/mol. The van der Waals surface area contributed by atoms with Crippen molar-refractivity contribution in [2.45, 2.75) is 51.5 Å². The normalized spacial score (nSPS) is 17.7. The Morgan fingerprint density at radius 3 is 2.41 bits per heavy atom. The second-order valence-electron chi connectivity index (χ2n) is 9.78. The van der Waals surface area contributed by atoms with Crippen molar-refractivity contribution in [3.8, 4) is 5.75 Å². The molecule has 3 aromatic rings. The molecule has 2 aliphatic rings. The quantitative estimate of drug-likeness (QED) is 0.431. The van der Waals surface area contributed by atoms with Crippen LogP contribution in [0.25, 0.3) is 0 Å². The minimum Gasteiger partial charge on any atom is -0.495 e. The van der Waals surface area contributed by atoms with E-state index in [9.17, 15) is 0 Å². The van der Waals surface area contributed by atoms with Crippen molar-refractivity contribution in [2.75, 3.05) is 38.2 Å². The molecule has 0 radical (unpaired) electrons. The maximum atomic E-state index is 6.45. The lowest BCUT2D eigenvalue weighted by Crippen LogP contribution is -2.46. The van der Waals surface area contributed by atoms with Crippen LogP contribution in [-0.2, 0) is 19.4 Å². The van der Waals surface area contributed by atoms with E-state index >= 15 is 0 Å². The molecule has 0 amide bonds. The van der Waals surface area contributed by atoms with Crippen LogP contribution in [0, 0.1) is 5.92 Å². The maximum Gasteiger partial charge on any atom is 0.194 e. The summed E-state index contributed by atoms with van der Waals surface area (Å²) in [6.07, 6.45) is 8.55. The molecule has 0 N–H and O–H groups in total. The number of piperazine rings is 1.